The van der Waals surface area contributed by atoms with Gasteiger partial charge in [0.2, 0.25) is 0 Å². The number of hydrogen-bond donors (Lipinski definition) is 1. The van der Waals surface area contributed by atoms with Crippen LogP contribution < -0.4 is 5.32 Å². The number of halogens is 2. The summed E-state index contributed by atoms with van der Waals surface area (Å²) < 4.78 is 13.7. The Hall–Kier alpha value is -1.10. The van der Waals surface area contributed by atoms with E-state index in [0.29, 0.717) is 17.6 Å². The van der Waals surface area contributed by atoms with Crippen molar-refractivity contribution in [1.82, 2.24) is 10.2 Å². The van der Waals surface area contributed by atoms with Gasteiger partial charge in [0, 0.05) is 24.6 Å². The Morgan fingerprint density at radius 1 is 1.50 bits per heavy atom. The molecule has 0 heterocycles. The second kappa shape index (κ2) is 5.84. The van der Waals surface area contributed by atoms with Gasteiger partial charge in [0.05, 0.1) is 0 Å². The summed E-state index contributed by atoms with van der Waals surface area (Å²) in [4.78, 5) is 13.0. The molecule has 0 unspecified atom stereocenters. The number of carbonyl (C=O) groups excluding carboxylic acids is 1. The van der Waals surface area contributed by atoms with Crippen LogP contribution in [0.4, 0.5) is 9.18 Å². The van der Waals surface area contributed by atoms with Crippen LogP contribution in [-0.2, 0) is 6.54 Å². The number of amides is 2. The molecule has 16 heavy (non-hydrogen) atoms. The fraction of sp³-hybridized carbons (Fsp3) is 0.364. The molecule has 1 N–H and O–H groups in total. The highest BCUT2D eigenvalue weighted by atomic mass is 79.9. The van der Waals surface area contributed by atoms with Crippen LogP contribution in [0.15, 0.2) is 22.7 Å². The highest BCUT2D eigenvalue weighted by molar-refractivity contribution is 9.10. The minimum absolute atomic E-state index is 0.164. The molecule has 3 nitrogen and oxygen atoms in total. The molecule has 0 aromatic heterocycles. The Bertz CT molecular complexity index is 364. The predicted octanol–water partition coefficient (Wildman–Crippen LogP) is 2.75. The molecule has 0 saturated heterocycles. The van der Waals surface area contributed by atoms with Crippen LogP contribution in [0.1, 0.15) is 12.5 Å². The first-order chi connectivity index (χ1) is 7.52. The van der Waals surface area contributed by atoms with Crippen molar-refractivity contribution in [3.63, 3.8) is 0 Å². The van der Waals surface area contributed by atoms with Gasteiger partial charge in [-0.3, -0.25) is 0 Å². The lowest BCUT2D eigenvalue weighted by Crippen LogP contribution is -2.36. The van der Waals surface area contributed by atoms with Gasteiger partial charge >= 0.3 is 6.03 Å². The van der Waals surface area contributed by atoms with Gasteiger partial charge in [0.25, 0.3) is 0 Å². The highest BCUT2D eigenvalue weighted by Crippen LogP contribution is 2.14. The van der Waals surface area contributed by atoms with Crippen LogP contribution in [0.2, 0.25) is 0 Å². The van der Waals surface area contributed by atoms with Crippen LogP contribution in [0.5, 0.6) is 0 Å². The third-order valence-corrected chi connectivity index (χ3v) is 2.64. The second-order valence-electron chi connectivity index (χ2n) is 3.45. The first-order valence-electron chi connectivity index (χ1n) is 4.97. The van der Waals surface area contributed by atoms with Crippen LogP contribution in [-0.4, -0.2) is 24.5 Å². The van der Waals surface area contributed by atoms with E-state index in [-0.39, 0.29) is 11.8 Å². The lowest BCUT2D eigenvalue weighted by Gasteiger charge is -2.15. The van der Waals surface area contributed by atoms with Crippen molar-refractivity contribution < 1.29 is 9.18 Å². The van der Waals surface area contributed by atoms with Crippen molar-refractivity contribution in [2.24, 2.45) is 0 Å². The van der Waals surface area contributed by atoms with E-state index in [9.17, 15) is 9.18 Å². The Labute approximate surface area is 103 Å². The van der Waals surface area contributed by atoms with Gasteiger partial charge in [0.1, 0.15) is 5.82 Å². The molecule has 1 rings (SSSR count). The maximum absolute atomic E-state index is 13.0. The van der Waals surface area contributed by atoms with Crippen molar-refractivity contribution in [2.45, 2.75) is 13.5 Å². The molecule has 5 heteroatoms. The Balaban J connectivity index is 2.58. The standard InChI is InChI=1S/C11H14BrFN2O/c1-3-15(2)11(16)14-7-8-4-9(12)6-10(13)5-8/h4-6H,3,7H2,1-2H3,(H,14,16). The first kappa shape index (κ1) is 13.0. The van der Waals surface area contributed by atoms with E-state index in [2.05, 4.69) is 21.2 Å². The largest absolute Gasteiger partial charge is 0.334 e. The summed E-state index contributed by atoms with van der Waals surface area (Å²) in [7, 11) is 1.71. The van der Waals surface area contributed by atoms with Gasteiger partial charge in [-0.2, -0.15) is 0 Å². The van der Waals surface area contributed by atoms with Crippen LogP contribution in [0.3, 0.4) is 0 Å². The summed E-state index contributed by atoms with van der Waals surface area (Å²) >= 11 is 3.20. The van der Waals surface area contributed by atoms with E-state index >= 15 is 0 Å². The number of urea groups is 1. The van der Waals surface area contributed by atoms with Gasteiger partial charge < -0.3 is 10.2 Å². The molecule has 0 aliphatic carbocycles. The maximum atomic E-state index is 13.0. The Morgan fingerprint density at radius 2 is 2.19 bits per heavy atom. The average Bonchev–Trinajstić information content (AvgIpc) is 2.23. The van der Waals surface area contributed by atoms with Crippen molar-refractivity contribution in [3.8, 4) is 0 Å². The number of carbonyl (C=O) groups is 1. The molecule has 0 atom stereocenters. The molecule has 1 aromatic carbocycles. The zero-order valence-electron chi connectivity index (χ0n) is 9.26. The Morgan fingerprint density at radius 3 is 2.75 bits per heavy atom. The molecule has 2 amide bonds. The summed E-state index contributed by atoms with van der Waals surface area (Å²) in [6.45, 7) is 2.84. The number of rotatable bonds is 3. The minimum Gasteiger partial charge on any atom is -0.334 e. The molecule has 0 saturated carbocycles. The van der Waals surface area contributed by atoms with E-state index in [1.165, 1.54) is 12.1 Å². The lowest BCUT2D eigenvalue weighted by atomic mass is 10.2. The number of nitrogens with one attached hydrogen (secondary N) is 1. The molecule has 0 aliphatic rings. The topological polar surface area (TPSA) is 32.3 Å². The lowest BCUT2D eigenvalue weighted by molar-refractivity contribution is 0.210. The molecule has 1 aromatic rings. The SMILES string of the molecule is CCN(C)C(=O)NCc1cc(F)cc(Br)c1. The molecule has 0 fully saturated rings. The summed E-state index contributed by atoms with van der Waals surface area (Å²) in [5.74, 6) is -0.317. The fourth-order valence-corrected chi connectivity index (χ4v) is 1.68. The summed E-state index contributed by atoms with van der Waals surface area (Å²) in [5.41, 5.74) is 0.727. The van der Waals surface area contributed by atoms with Crippen molar-refractivity contribution >= 4 is 22.0 Å². The van der Waals surface area contributed by atoms with Gasteiger partial charge in [-0.25, -0.2) is 9.18 Å². The van der Waals surface area contributed by atoms with Crippen LogP contribution in [0, 0.1) is 5.82 Å². The monoisotopic (exact) mass is 288 g/mol. The normalized spacial score (nSPS) is 10.0. The van der Waals surface area contributed by atoms with E-state index in [4.69, 9.17) is 0 Å². The molecule has 0 bridgehead atoms. The zero-order chi connectivity index (χ0) is 12.1. The van der Waals surface area contributed by atoms with Crippen LogP contribution in [0.25, 0.3) is 0 Å². The number of benzene rings is 1. The fourth-order valence-electron chi connectivity index (χ4n) is 1.17. The third-order valence-electron chi connectivity index (χ3n) is 2.19. The van der Waals surface area contributed by atoms with E-state index < -0.39 is 0 Å². The van der Waals surface area contributed by atoms with Gasteiger partial charge in [-0.1, -0.05) is 15.9 Å². The number of nitrogens with zero attached hydrogens (tertiary/aromatic N) is 1. The number of hydrogen-bond acceptors (Lipinski definition) is 1. The van der Waals surface area contributed by atoms with Gasteiger partial charge in [-0.05, 0) is 30.7 Å². The maximum Gasteiger partial charge on any atom is 0.317 e. The summed E-state index contributed by atoms with van der Waals surface area (Å²) in [5, 5.41) is 2.70. The summed E-state index contributed by atoms with van der Waals surface area (Å²) in [6.07, 6.45) is 0. The quantitative estimate of drug-likeness (QED) is 0.911. The zero-order valence-corrected chi connectivity index (χ0v) is 10.8. The highest BCUT2D eigenvalue weighted by Gasteiger charge is 2.06. The predicted molar refractivity (Wildman–Crippen MR) is 64.6 cm³/mol. The van der Waals surface area contributed by atoms with Gasteiger partial charge in [0.15, 0.2) is 0 Å². The van der Waals surface area contributed by atoms with E-state index in [1.807, 2.05) is 6.92 Å². The van der Waals surface area contributed by atoms with Crippen molar-refractivity contribution in [1.29, 1.82) is 0 Å². The van der Waals surface area contributed by atoms with E-state index in [0.717, 1.165) is 5.56 Å². The van der Waals surface area contributed by atoms with E-state index in [1.54, 1.807) is 18.0 Å². The molecular weight excluding hydrogens is 275 g/mol. The summed E-state index contributed by atoms with van der Waals surface area (Å²) in [6, 6.07) is 4.39. The minimum atomic E-state index is -0.317. The second-order valence-corrected chi connectivity index (χ2v) is 4.37. The first-order valence-corrected chi connectivity index (χ1v) is 5.76. The van der Waals surface area contributed by atoms with Crippen molar-refractivity contribution in [3.05, 3.63) is 34.1 Å². The molecule has 0 radical (unpaired) electrons. The van der Waals surface area contributed by atoms with Gasteiger partial charge in [-0.15, -0.1) is 0 Å². The smallest absolute Gasteiger partial charge is 0.317 e. The molecule has 0 aliphatic heterocycles. The Kier molecular flexibility index (Phi) is 4.73. The van der Waals surface area contributed by atoms with Crippen LogP contribution >= 0.6 is 15.9 Å². The molecule has 0 spiro atoms. The average molecular weight is 289 g/mol. The third kappa shape index (κ3) is 3.81. The van der Waals surface area contributed by atoms with Crippen molar-refractivity contribution in [2.75, 3.05) is 13.6 Å². The molecular formula is C11H14BrFN2O. The molecule has 88 valence electrons.